The molecule has 0 aliphatic heterocycles. The van der Waals surface area contributed by atoms with Crippen LogP contribution in [0.4, 0.5) is 13.2 Å². The summed E-state index contributed by atoms with van der Waals surface area (Å²) in [7, 11) is 5.99. The van der Waals surface area contributed by atoms with Gasteiger partial charge >= 0.3 is 6.18 Å². The summed E-state index contributed by atoms with van der Waals surface area (Å²) in [6.07, 6.45) is 0.174. The van der Waals surface area contributed by atoms with Crippen LogP contribution in [0.1, 0.15) is 42.9 Å². The first-order chi connectivity index (χ1) is 9.81. The van der Waals surface area contributed by atoms with Crippen LogP contribution in [0.15, 0.2) is 24.3 Å². The van der Waals surface area contributed by atoms with Crippen LogP contribution in [0.5, 0.6) is 0 Å². The third-order valence-electron chi connectivity index (χ3n) is 4.76. The fourth-order valence-electron chi connectivity index (χ4n) is 3.59. The number of halogens is 3. The number of nitrogens with zero attached hydrogens (tertiary/aromatic N) is 1. The topological polar surface area (TPSA) is 15.3 Å². The van der Waals surface area contributed by atoms with Crippen molar-refractivity contribution < 1.29 is 13.2 Å². The van der Waals surface area contributed by atoms with Crippen molar-refractivity contribution in [3.05, 3.63) is 35.4 Å². The molecular formula is C16H23F3N2. The summed E-state index contributed by atoms with van der Waals surface area (Å²) in [4.78, 5) is 2.22. The number of nitrogens with one attached hydrogen (secondary N) is 1. The maximum Gasteiger partial charge on any atom is 0.416 e. The highest BCUT2D eigenvalue weighted by molar-refractivity contribution is 5.29. The summed E-state index contributed by atoms with van der Waals surface area (Å²) in [5.41, 5.74) is 0.307. The van der Waals surface area contributed by atoms with Gasteiger partial charge in [0.25, 0.3) is 0 Å². The molecule has 1 aromatic rings. The molecule has 21 heavy (non-hydrogen) atoms. The third kappa shape index (κ3) is 3.09. The highest BCUT2D eigenvalue weighted by Gasteiger charge is 2.43. The van der Waals surface area contributed by atoms with Gasteiger partial charge in [0, 0.05) is 5.54 Å². The molecule has 0 amide bonds. The van der Waals surface area contributed by atoms with E-state index < -0.39 is 11.7 Å². The van der Waals surface area contributed by atoms with Gasteiger partial charge in [-0.2, -0.15) is 13.2 Å². The van der Waals surface area contributed by atoms with Gasteiger partial charge < -0.3 is 10.2 Å². The Morgan fingerprint density at radius 1 is 1.10 bits per heavy atom. The summed E-state index contributed by atoms with van der Waals surface area (Å²) >= 11 is 0. The molecule has 0 radical (unpaired) electrons. The number of likely N-dealkylation sites (N-methyl/N-ethyl adjacent to an activating group) is 2. The van der Waals surface area contributed by atoms with Crippen molar-refractivity contribution in [2.45, 2.75) is 43.4 Å². The van der Waals surface area contributed by atoms with Crippen molar-refractivity contribution in [3.63, 3.8) is 0 Å². The maximum atomic E-state index is 12.7. The van der Waals surface area contributed by atoms with E-state index in [0.717, 1.165) is 31.2 Å². The standard InChI is InChI=1S/C16H23F3N2/c1-20-14(15(21(2)3)10-4-5-11-15)12-6-8-13(9-7-12)16(17,18)19/h6-9,14,20H,4-5,10-11H2,1-3H3. The molecule has 0 saturated heterocycles. The van der Waals surface area contributed by atoms with Gasteiger partial charge in [-0.25, -0.2) is 0 Å². The van der Waals surface area contributed by atoms with E-state index in [1.807, 2.05) is 7.05 Å². The lowest BCUT2D eigenvalue weighted by Crippen LogP contribution is -2.51. The second-order valence-electron chi connectivity index (χ2n) is 6.05. The highest BCUT2D eigenvalue weighted by Crippen LogP contribution is 2.43. The molecule has 1 atom stereocenters. The van der Waals surface area contributed by atoms with Crippen molar-refractivity contribution in [2.75, 3.05) is 21.1 Å². The molecule has 5 heteroatoms. The molecule has 0 aromatic heterocycles. The van der Waals surface area contributed by atoms with Crippen molar-refractivity contribution in [1.82, 2.24) is 10.2 Å². The van der Waals surface area contributed by atoms with Crippen LogP contribution < -0.4 is 5.32 Å². The van der Waals surface area contributed by atoms with E-state index in [1.54, 1.807) is 12.1 Å². The van der Waals surface area contributed by atoms with Gasteiger partial charge in [0.1, 0.15) is 0 Å². The summed E-state index contributed by atoms with van der Waals surface area (Å²) in [5.74, 6) is 0. The number of hydrogen-bond acceptors (Lipinski definition) is 2. The molecular weight excluding hydrogens is 277 g/mol. The van der Waals surface area contributed by atoms with Crippen molar-refractivity contribution in [3.8, 4) is 0 Å². The summed E-state index contributed by atoms with van der Waals surface area (Å²) in [6, 6.07) is 5.61. The summed E-state index contributed by atoms with van der Waals surface area (Å²) < 4.78 is 38.0. The van der Waals surface area contributed by atoms with Gasteiger partial charge in [0.15, 0.2) is 0 Å². The molecule has 118 valence electrons. The Morgan fingerprint density at radius 3 is 2.00 bits per heavy atom. The van der Waals surface area contributed by atoms with Crippen LogP contribution in [-0.4, -0.2) is 31.6 Å². The van der Waals surface area contributed by atoms with Crippen LogP contribution in [0.25, 0.3) is 0 Å². The first kappa shape index (κ1) is 16.3. The third-order valence-corrected chi connectivity index (χ3v) is 4.76. The molecule has 1 fully saturated rings. The predicted molar refractivity (Wildman–Crippen MR) is 78.1 cm³/mol. The number of benzene rings is 1. The Kier molecular flexibility index (Phi) is 4.63. The zero-order chi connectivity index (χ0) is 15.7. The lowest BCUT2D eigenvalue weighted by molar-refractivity contribution is -0.137. The Morgan fingerprint density at radius 2 is 1.62 bits per heavy atom. The second kappa shape index (κ2) is 5.97. The van der Waals surface area contributed by atoms with E-state index in [2.05, 4.69) is 24.3 Å². The molecule has 1 N–H and O–H groups in total. The van der Waals surface area contributed by atoms with Crippen molar-refractivity contribution in [1.29, 1.82) is 0 Å². The van der Waals surface area contributed by atoms with Crippen molar-refractivity contribution in [2.24, 2.45) is 0 Å². The minimum Gasteiger partial charge on any atom is -0.311 e. The van der Waals surface area contributed by atoms with Gasteiger partial charge in [-0.05, 0) is 51.7 Å². The number of hydrogen-bond donors (Lipinski definition) is 1. The Hall–Kier alpha value is -1.07. The van der Waals surface area contributed by atoms with Gasteiger partial charge in [0.2, 0.25) is 0 Å². The van der Waals surface area contributed by atoms with E-state index in [-0.39, 0.29) is 11.6 Å². The molecule has 2 nitrogen and oxygen atoms in total. The van der Waals surface area contributed by atoms with Gasteiger partial charge in [-0.1, -0.05) is 25.0 Å². The maximum absolute atomic E-state index is 12.7. The van der Waals surface area contributed by atoms with Crippen LogP contribution in [0, 0.1) is 0 Å². The molecule has 2 rings (SSSR count). The summed E-state index contributed by atoms with van der Waals surface area (Å²) in [6.45, 7) is 0. The normalized spacial score (nSPS) is 20.0. The Labute approximate surface area is 124 Å². The molecule has 0 spiro atoms. The van der Waals surface area contributed by atoms with E-state index in [0.29, 0.717) is 0 Å². The van der Waals surface area contributed by atoms with Crippen LogP contribution >= 0.6 is 0 Å². The Bertz CT molecular complexity index is 459. The predicted octanol–water partition coefficient (Wildman–Crippen LogP) is 3.84. The lowest BCUT2D eigenvalue weighted by atomic mass is 9.82. The molecule has 1 unspecified atom stereocenters. The zero-order valence-electron chi connectivity index (χ0n) is 12.8. The van der Waals surface area contributed by atoms with Crippen LogP contribution in [0.2, 0.25) is 0 Å². The first-order valence-electron chi connectivity index (χ1n) is 7.33. The summed E-state index contributed by atoms with van der Waals surface area (Å²) in [5, 5.41) is 3.32. The largest absolute Gasteiger partial charge is 0.416 e. The molecule has 1 saturated carbocycles. The van der Waals surface area contributed by atoms with Crippen molar-refractivity contribution >= 4 is 0 Å². The van der Waals surface area contributed by atoms with Crippen LogP contribution in [-0.2, 0) is 6.18 Å². The quantitative estimate of drug-likeness (QED) is 0.909. The average molecular weight is 300 g/mol. The lowest BCUT2D eigenvalue weighted by Gasteiger charge is -2.43. The second-order valence-corrected chi connectivity index (χ2v) is 6.05. The fraction of sp³-hybridized carbons (Fsp3) is 0.625. The van der Waals surface area contributed by atoms with Gasteiger partial charge in [-0.15, -0.1) is 0 Å². The fourth-order valence-corrected chi connectivity index (χ4v) is 3.59. The zero-order valence-corrected chi connectivity index (χ0v) is 12.8. The smallest absolute Gasteiger partial charge is 0.311 e. The van der Waals surface area contributed by atoms with E-state index >= 15 is 0 Å². The monoisotopic (exact) mass is 300 g/mol. The molecule has 0 bridgehead atoms. The molecule has 1 aliphatic rings. The van der Waals surface area contributed by atoms with E-state index in [1.165, 1.54) is 12.1 Å². The molecule has 1 aromatic carbocycles. The first-order valence-corrected chi connectivity index (χ1v) is 7.33. The minimum atomic E-state index is -4.28. The van der Waals surface area contributed by atoms with Gasteiger partial charge in [-0.3, -0.25) is 0 Å². The SMILES string of the molecule is CNC(c1ccc(C(F)(F)F)cc1)C1(N(C)C)CCCC1. The number of rotatable bonds is 4. The average Bonchev–Trinajstić information content (AvgIpc) is 2.90. The van der Waals surface area contributed by atoms with Gasteiger partial charge in [0.05, 0.1) is 11.6 Å². The Balaban J connectivity index is 2.33. The molecule has 1 aliphatic carbocycles. The number of alkyl halides is 3. The van der Waals surface area contributed by atoms with E-state index in [4.69, 9.17) is 0 Å². The van der Waals surface area contributed by atoms with E-state index in [9.17, 15) is 13.2 Å². The minimum absolute atomic E-state index is 0.0193. The highest BCUT2D eigenvalue weighted by atomic mass is 19.4. The molecule has 0 heterocycles. The van der Waals surface area contributed by atoms with Crippen LogP contribution in [0.3, 0.4) is 0 Å².